The number of benzene rings is 2. The summed E-state index contributed by atoms with van der Waals surface area (Å²) in [4.78, 5) is 12.4. The third-order valence-corrected chi connectivity index (χ3v) is 4.81. The largest absolute Gasteiger partial charge is 0.322 e. The zero-order valence-corrected chi connectivity index (χ0v) is 14.4. The molecule has 0 spiro atoms. The van der Waals surface area contributed by atoms with Crippen LogP contribution in [0.2, 0.25) is 0 Å². The number of sulfonamides is 1. The summed E-state index contributed by atoms with van der Waals surface area (Å²) >= 11 is 0. The van der Waals surface area contributed by atoms with E-state index >= 15 is 0 Å². The highest BCUT2D eigenvalue weighted by Gasteiger charge is 2.14. The van der Waals surface area contributed by atoms with Gasteiger partial charge in [0, 0.05) is 18.3 Å². The van der Waals surface area contributed by atoms with Gasteiger partial charge in [0.1, 0.15) is 0 Å². The molecule has 1 N–H and O–H groups in total. The van der Waals surface area contributed by atoms with Gasteiger partial charge in [-0.05, 0) is 43.7 Å². The van der Waals surface area contributed by atoms with E-state index in [0.29, 0.717) is 11.3 Å². The maximum absolute atomic E-state index is 12.4. The Labute approximate surface area is 137 Å². The Morgan fingerprint density at radius 3 is 2.39 bits per heavy atom. The molecular formula is C17H20N2O3S. The molecule has 0 saturated heterocycles. The highest BCUT2D eigenvalue weighted by Crippen LogP contribution is 2.20. The number of carbonyl (C=O) groups is 1. The minimum absolute atomic E-state index is 0.277. The number of rotatable bonds is 4. The Morgan fingerprint density at radius 2 is 1.78 bits per heavy atom. The molecule has 0 aromatic heterocycles. The second-order valence-corrected chi connectivity index (χ2v) is 7.57. The van der Waals surface area contributed by atoms with E-state index in [1.54, 1.807) is 24.3 Å². The first-order chi connectivity index (χ1) is 10.7. The predicted octanol–water partition coefficient (Wildman–Crippen LogP) is 2.95. The van der Waals surface area contributed by atoms with Gasteiger partial charge >= 0.3 is 0 Å². The molecular weight excluding hydrogens is 312 g/mol. The predicted molar refractivity (Wildman–Crippen MR) is 93.6 cm³/mol. The average Bonchev–Trinajstić information content (AvgIpc) is 2.48. The van der Waals surface area contributed by atoms with Gasteiger partial charge in [-0.3, -0.25) is 9.10 Å². The quantitative estimate of drug-likeness (QED) is 0.936. The first-order valence-corrected chi connectivity index (χ1v) is 8.96. The average molecular weight is 332 g/mol. The third-order valence-electron chi connectivity index (χ3n) is 3.60. The Hall–Kier alpha value is -2.34. The van der Waals surface area contributed by atoms with Crippen LogP contribution in [-0.2, 0) is 10.0 Å². The lowest BCUT2D eigenvalue weighted by molar-refractivity contribution is 0.102. The van der Waals surface area contributed by atoms with Crippen LogP contribution in [-0.4, -0.2) is 27.6 Å². The summed E-state index contributed by atoms with van der Waals surface area (Å²) in [7, 11) is -1.91. The second kappa shape index (κ2) is 6.42. The molecule has 23 heavy (non-hydrogen) atoms. The van der Waals surface area contributed by atoms with Gasteiger partial charge in [0.2, 0.25) is 10.0 Å². The molecule has 0 fully saturated rings. The van der Waals surface area contributed by atoms with E-state index in [9.17, 15) is 13.2 Å². The molecule has 0 atom stereocenters. The van der Waals surface area contributed by atoms with Gasteiger partial charge in [-0.25, -0.2) is 8.42 Å². The first kappa shape index (κ1) is 17.0. The maximum Gasteiger partial charge on any atom is 0.255 e. The number of hydrogen-bond acceptors (Lipinski definition) is 3. The van der Waals surface area contributed by atoms with E-state index in [4.69, 9.17) is 0 Å². The number of anilines is 2. The monoisotopic (exact) mass is 332 g/mol. The molecule has 0 aliphatic heterocycles. The molecule has 122 valence electrons. The fourth-order valence-electron chi connectivity index (χ4n) is 2.18. The molecule has 2 aromatic rings. The number of carbonyl (C=O) groups excluding carboxylic acids is 1. The van der Waals surface area contributed by atoms with Gasteiger partial charge in [0.25, 0.3) is 5.91 Å². The van der Waals surface area contributed by atoms with Crippen molar-refractivity contribution in [2.75, 3.05) is 22.9 Å². The highest BCUT2D eigenvalue weighted by atomic mass is 32.2. The molecule has 0 saturated carbocycles. The topological polar surface area (TPSA) is 66.5 Å². The first-order valence-electron chi connectivity index (χ1n) is 7.11. The second-order valence-electron chi connectivity index (χ2n) is 5.55. The van der Waals surface area contributed by atoms with Crippen molar-refractivity contribution < 1.29 is 13.2 Å². The summed E-state index contributed by atoms with van der Waals surface area (Å²) in [6.45, 7) is 3.92. The number of hydrogen-bond donors (Lipinski definition) is 1. The van der Waals surface area contributed by atoms with E-state index in [-0.39, 0.29) is 5.91 Å². The molecule has 5 nitrogen and oxygen atoms in total. The van der Waals surface area contributed by atoms with Crippen molar-refractivity contribution in [3.05, 3.63) is 59.2 Å². The SMILES string of the molecule is Cc1ccc(NC(=O)c2cccc(N(C)S(C)(=O)=O)c2)c(C)c1. The van der Waals surface area contributed by atoms with Crippen molar-refractivity contribution >= 4 is 27.3 Å². The lowest BCUT2D eigenvalue weighted by Gasteiger charge is -2.17. The summed E-state index contributed by atoms with van der Waals surface area (Å²) in [5.74, 6) is -0.277. The highest BCUT2D eigenvalue weighted by molar-refractivity contribution is 7.92. The van der Waals surface area contributed by atoms with E-state index in [0.717, 1.165) is 27.4 Å². The third kappa shape index (κ3) is 4.10. The van der Waals surface area contributed by atoms with Crippen LogP contribution in [0.4, 0.5) is 11.4 Å². The molecule has 0 unspecified atom stereocenters. The van der Waals surface area contributed by atoms with E-state index in [1.165, 1.54) is 7.05 Å². The summed E-state index contributed by atoms with van der Waals surface area (Å²) in [5.41, 5.74) is 3.68. The minimum Gasteiger partial charge on any atom is -0.322 e. The zero-order valence-electron chi connectivity index (χ0n) is 13.6. The van der Waals surface area contributed by atoms with Crippen molar-refractivity contribution in [2.45, 2.75) is 13.8 Å². The fourth-order valence-corrected chi connectivity index (χ4v) is 2.68. The summed E-state index contributed by atoms with van der Waals surface area (Å²) in [5, 5.41) is 2.85. The van der Waals surface area contributed by atoms with Gasteiger partial charge in [0.05, 0.1) is 11.9 Å². The normalized spacial score (nSPS) is 11.1. The summed E-state index contributed by atoms with van der Waals surface area (Å²) in [6, 6.07) is 12.3. The van der Waals surface area contributed by atoms with Crippen molar-refractivity contribution in [3.63, 3.8) is 0 Å². The standard InChI is InChI=1S/C17H20N2O3S/c1-12-8-9-16(13(2)10-12)18-17(20)14-6-5-7-15(11-14)19(3)23(4,21)22/h5-11H,1-4H3,(H,18,20). The van der Waals surface area contributed by atoms with Crippen LogP contribution in [0.1, 0.15) is 21.5 Å². The molecule has 0 heterocycles. The Bertz CT molecular complexity index is 845. The minimum atomic E-state index is -3.37. The van der Waals surface area contributed by atoms with Crippen molar-refractivity contribution in [3.8, 4) is 0 Å². The van der Waals surface area contributed by atoms with Gasteiger partial charge in [-0.1, -0.05) is 23.8 Å². The Morgan fingerprint density at radius 1 is 1.09 bits per heavy atom. The van der Waals surface area contributed by atoms with Gasteiger partial charge in [-0.2, -0.15) is 0 Å². The van der Waals surface area contributed by atoms with Gasteiger partial charge in [-0.15, -0.1) is 0 Å². The molecule has 2 rings (SSSR count). The molecule has 0 radical (unpaired) electrons. The summed E-state index contributed by atoms with van der Waals surface area (Å²) in [6.07, 6.45) is 1.12. The van der Waals surface area contributed by atoms with Crippen molar-refractivity contribution in [1.29, 1.82) is 0 Å². The van der Waals surface area contributed by atoms with Crippen LogP contribution in [0, 0.1) is 13.8 Å². The van der Waals surface area contributed by atoms with E-state index in [1.807, 2.05) is 32.0 Å². The van der Waals surface area contributed by atoms with Crippen LogP contribution in [0.5, 0.6) is 0 Å². The number of nitrogens with zero attached hydrogens (tertiary/aromatic N) is 1. The Balaban J connectivity index is 2.26. The van der Waals surface area contributed by atoms with Gasteiger partial charge in [0.15, 0.2) is 0 Å². The zero-order chi connectivity index (χ0) is 17.2. The van der Waals surface area contributed by atoms with Crippen LogP contribution in [0.25, 0.3) is 0 Å². The fraction of sp³-hybridized carbons (Fsp3) is 0.235. The molecule has 1 amide bonds. The number of amides is 1. The lowest BCUT2D eigenvalue weighted by Crippen LogP contribution is -2.25. The number of aryl methyl sites for hydroxylation is 2. The van der Waals surface area contributed by atoms with Crippen molar-refractivity contribution in [1.82, 2.24) is 0 Å². The summed E-state index contributed by atoms with van der Waals surface area (Å²) < 4.78 is 24.4. The molecule has 0 aliphatic carbocycles. The van der Waals surface area contributed by atoms with Crippen LogP contribution in [0.15, 0.2) is 42.5 Å². The smallest absolute Gasteiger partial charge is 0.255 e. The lowest BCUT2D eigenvalue weighted by atomic mass is 10.1. The van der Waals surface area contributed by atoms with Gasteiger partial charge < -0.3 is 5.32 Å². The van der Waals surface area contributed by atoms with Crippen molar-refractivity contribution in [2.24, 2.45) is 0 Å². The van der Waals surface area contributed by atoms with Crippen LogP contribution >= 0.6 is 0 Å². The van der Waals surface area contributed by atoms with E-state index in [2.05, 4.69) is 5.32 Å². The molecule has 0 bridgehead atoms. The maximum atomic E-state index is 12.4. The number of nitrogens with one attached hydrogen (secondary N) is 1. The molecule has 2 aromatic carbocycles. The van der Waals surface area contributed by atoms with Crippen LogP contribution in [0.3, 0.4) is 0 Å². The Kier molecular flexibility index (Phi) is 4.75. The van der Waals surface area contributed by atoms with Crippen LogP contribution < -0.4 is 9.62 Å². The van der Waals surface area contributed by atoms with E-state index < -0.39 is 10.0 Å². The molecule has 0 aliphatic rings. The molecule has 6 heteroatoms.